The summed E-state index contributed by atoms with van der Waals surface area (Å²) in [6, 6.07) is 15.3. The van der Waals surface area contributed by atoms with Crippen LogP contribution in [0.5, 0.6) is 23.0 Å². The van der Waals surface area contributed by atoms with E-state index in [1.807, 2.05) is 42.5 Å². The lowest BCUT2D eigenvalue weighted by Crippen LogP contribution is -2.59. The highest BCUT2D eigenvalue weighted by atomic mass is 16.5. The third-order valence-electron chi connectivity index (χ3n) is 10.4. The van der Waals surface area contributed by atoms with Crippen LogP contribution in [0.4, 0.5) is 5.88 Å². The lowest BCUT2D eigenvalue weighted by molar-refractivity contribution is -0.148. The number of carbonyl (C=O) groups is 4. The van der Waals surface area contributed by atoms with Gasteiger partial charge in [0.25, 0.3) is 0 Å². The largest absolute Gasteiger partial charge is 0.497 e. The van der Waals surface area contributed by atoms with E-state index in [-0.39, 0.29) is 25.2 Å². The number of aryl methyl sites for hydroxylation is 1. The van der Waals surface area contributed by atoms with E-state index >= 15 is 0 Å². The molecule has 55 heavy (non-hydrogen) atoms. The van der Waals surface area contributed by atoms with Crippen molar-refractivity contribution in [2.24, 2.45) is 0 Å². The third kappa shape index (κ3) is 8.22. The molecule has 290 valence electrons. The monoisotopic (exact) mass is 752 g/mol. The van der Waals surface area contributed by atoms with Gasteiger partial charge in [0.15, 0.2) is 11.5 Å². The summed E-state index contributed by atoms with van der Waals surface area (Å²) in [5, 5.41) is 5.92. The zero-order valence-corrected chi connectivity index (χ0v) is 32.4. The number of ether oxygens (including phenoxy) is 3. The number of anilines is 1. The van der Waals surface area contributed by atoms with Crippen LogP contribution in [0.3, 0.4) is 0 Å². The minimum atomic E-state index is -1.03. The fourth-order valence-electron chi connectivity index (χ4n) is 7.03. The molecule has 4 amide bonds. The molecule has 0 aliphatic carbocycles. The fraction of sp³-hybridized carbons (Fsp3) is 0.390. The Kier molecular flexibility index (Phi) is 11.3. The van der Waals surface area contributed by atoms with Crippen LogP contribution in [0.2, 0.25) is 0 Å². The molecule has 4 heterocycles. The maximum absolute atomic E-state index is 14.7. The number of oxazole rings is 1. The van der Waals surface area contributed by atoms with Gasteiger partial charge in [-0.2, -0.15) is 0 Å². The molecule has 8 bridgehead atoms. The molecule has 0 saturated carbocycles. The minimum Gasteiger partial charge on any atom is -0.497 e. The van der Waals surface area contributed by atoms with Crippen molar-refractivity contribution in [3.8, 4) is 23.0 Å². The molecule has 0 spiro atoms. The molecule has 14 nitrogen and oxygen atoms in total. The van der Waals surface area contributed by atoms with Crippen LogP contribution in [-0.2, 0) is 38.4 Å². The number of likely N-dealkylation sites (N-methyl/N-ethyl adjacent to an activating group) is 3. The second-order valence-electron chi connectivity index (χ2n) is 14.2. The first-order valence-corrected chi connectivity index (χ1v) is 18.2. The Morgan fingerprint density at radius 3 is 2.05 bits per heavy atom. The molecule has 3 aromatic carbocycles. The highest BCUT2D eigenvalue weighted by molar-refractivity contribution is 5.95. The van der Waals surface area contributed by atoms with Gasteiger partial charge in [0, 0.05) is 40.4 Å². The quantitative estimate of drug-likeness (QED) is 0.313. The zero-order chi connectivity index (χ0) is 39.6. The lowest BCUT2D eigenvalue weighted by atomic mass is 9.99. The molecular formula is C41H48N6O8. The molecule has 0 unspecified atom stereocenters. The first-order valence-electron chi connectivity index (χ1n) is 18.2. The van der Waals surface area contributed by atoms with Crippen LogP contribution in [0.25, 0.3) is 0 Å². The predicted octanol–water partition coefficient (Wildman–Crippen LogP) is 3.99. The summed E-state index contributed by atoms with van der Waals surface area (Å²) >= 11 is 0. The number of amides is 4. The Labute approximate surface area is 320 Å². The van der Waals surface area contributed by atoms with Gasteiger partial charge in [0.05, 0.1) is 14.2 Å². The normalized spacial score (nSPS) is 22.4. The number of hydrogen-bond donors (Lipinski definition) is 2. The number of aromatic nitrogens is 1. The van der Waals surface area contributed by atoms with Crippen molar-refractivity contribution in [1.29, 1.82) is 0 Å². The molecule has 2 N–H and O–H groups in total. The molecule has 0 fully saturated rings. The van der Waals surface area contributed by atoms with Crippen molar-refractivity contribution in [3.05, 3.63) is 95.0 Å². The molecular weight excluding hydrogens is 704 g/mol. The fourth-order valence-corrected chi connectivity index (χ4v) is 7.03. The maximum Gasteiger partial charge on any atom is 0.246 e. The molecule has 4 aromatic rings. The standard InChI is InChI=1S/C41H48N6O8/c1-23-38-44-25(3)41(55-38)47(6)32(19-26-9-14-29(52-7)15-10-26)37(49)43-24(2)39(50)46(5)33-20-27-11-16-30(17-12-27)54-35-22-28(13-18-34(35)53-8)21-31(36(48)42-23)45(4)40(33)51/h9-18,22-24,31-33H,19-21H2,1-8H3,(H,42,48)(H,43,49)/t23-,24+,31+,32+,33+/m1/s1. The van der Waals surface area contributed by atoms with Gasteiger partial charge in [-0.3, -0.25) is 19.2 Å². The lowest BCUT2D eigenvalue weighted by Gasteiger charge is -2.36. The van der Waals surface area contributed by atoms with Crippen molar-refractivity contribution in [2.75, 3.05) is 40.3 Å². The number of fused-ring (bicyclic) bond motifs is 4. The summed E-state index contributed by atoms with van der Waals surface area (Å²) < 4.78 is 23.4. The van der Waals surface area contributed by atoms with Crippen molar-refractivity contribution in [3.63, 3.8) is 0 Å². The highest BCUT2D eigenvalue weighted by Crippen LogP contribution is 2.34. The summed E-state index contributed by atoms with van der Waals surface area (Å²) in [6.45, 7) is 5.10. The summed E-state index contributed by atoms with van der Waals surface area (Å²) in [5.74, 6) is 0.899. The predicted molar refractivity (Wildman–Crippen MR) is 204 cm³/mol. The summed E-state index contributed by atoms with van der Waals surface area (Å²) in [5.41, 5.74) is 2.81. The van der Waals surface area contributed by atoms with E-state index in [1.165, 1.54) is 9.80 Å². The second kappa shape index (κ2) is 16.1. The summed E-state index contributed by atoms with van der Waals surface area (Å²) in [4.78, 5) is 66.6. The maximum atomic E-state index is 14.7. The smallest absolute Gasteiger partial charge is 0.246 e. The van der Waals surface area contributed by atoms with Gasteiger partial charge < -0.3 is 44.0 Å². The number of benzene rings is 3. The van der Waals surface area contributed by atoms with Gasteiger partial charge in [-0.05, 0) is 73.9 Å². The molecule has 0 radical (unpaired) electrons. The number of hydrogen-bond acceptors (Lipinski definition) is 10. The van der Waals surface area contributed by atoms with Gasteiger partial charge in [-0.25, -0.2) is 4.98 Å². The average molecular weight is 753 g/mol. The first kappa shape index (κ1) is 38.7. The van der Waals surface area contributed by atoms with Crippen LogP contribution in [0.1, 0.15) is 48.2 Å². The van der Waals surface area contributed by atoms with Crippen molar-refractivity contribution in [2.45, 2.75) is 70.2 Å². The van der Waals surface area contributed by atoms with Gasteiger partial charge in [0.1, 0.15) is 47.4 Å². The van der Waals surface area contributed by atoms with E-state index in [1.54, 1.807) is 85.3 Å². The van der Waals surface area contributed by atoms with E-state index in [0.717, 1.165) is 11.1 Å². The van der Waals surface area contributed by atoms with Crippen LogP contribution in [-0.4, -0.2) is 97.9 Å². The summed E-state index contributed by atoms with van der Waals surface area (Å²) in [7, 11) is 7.96. The zero-order valence-electron chi connectivity index (χ0n) is 32.4. The molecule has 5 atom stereocenters. The molecule has 3 aliphatic rings. The van der Waals surface area contributed by atoms with Crippen LogP contribution >= 0.6 is 0 Å². The van der Waals surface area contributed by atoms with Crippen LogP contribution in [0.15, 0.2) is 71.1 Å². The SMILES string of the molecule is COc1ccc(C[C@H]2C(=O)N[C@@H](C)C(=O)N(C)[C@H]3Cc4ccc(cc4)Oc4cc(ccc4OC)C[C@@H](C(=O)N[C@H](C)c4nc(C)c(o4)N2C)N(C)C3=O)cc1. The first-order chi connectivity index (χ1) is 26.3. The molecule has 1 aromatic heterocycles. The number of nitrogens with zero attached hydrogens (tertiary/aromatic N) is 4. The van der Waals surface area contributed by atoms with E-state index < -0.39 is 53.8 Å². The third-order valence-corrected chi connectivity index (χ3v) is 10.4. The van der Waals surface area contributed by atoms with E-state index in [9.17, 15) is 19.2 Å². The van der Waals surface area contributed by atoms with E-state index in [0.29, 0.717) is 40.1 Å². The van der Waals surface area contributed by atoms with E-state index in [4.69, 9.17) is 18.6 Å². The summed E-state index contributed by atoms with van der Waals surface area (Å²) in [6.07, 6.45) is 0.499. The van der Waals surface area contributed by atoms with Crippen molar-refractivity contribution >= 4 is 29.5 Å². The molecule has 0 saturated heterocycles. The minimum absolute atomic E-state index is 0.112. The van der Waals surface area contributed by atoms with Crippen LogP contribution < -0.4 is 29.7 Å². The van der Waals surface area contributed by atoms with Gasteiger partial charge >= 0.3 is 0 Å². The Balaban J connectivity index is 1.45. The van der Waals surface area contributed by atoms with E-state index in [2.05, 4.69) is 15.6 Å². The topological polar surface area (TPSA) is 156 Å². The Morgan fingerprint density at radius 2 is 1.38 bits per heavy atom. The van der Waals surface area contributed by atoms with Gasteiger partial charge in [-0.1, -0.05) is 30.3 Å². The Bertz CT molecular complexity index is 2050. The molecule has 7 rings (SSSR count). The number of carbonyl (C=O) groups excluding carboxylic acids is 4. The molecule has 3 aliphatic heterocycles. The van der Waals surface area contributed by atoms with Crippen LogP contribution in [0, 0.1) is 6.92 Å². The average Bonchev–Trinajstić information content (AvgIpc) is 3.58. The van der Waals surface area contributed by atoms with Crippen molar-refractivity contribution < 1.29 is 37.8 Å². The number of rotatable bonds is 4. The Morgan fingerprint density at radius 1 is 0.745 bits per heavy atom. The number of methoxy groups -OCH3 is 2. The number of nitrogens with one attached hydrogen (secondary N) is 2. The second-order valence-corrected chi connectivity index (χ2v) is 14.2. The highest BCUT2D eigenvalue weighted by Gasteiger charge is 2.39. The Hall–Kier alpha value is -6.05. The van der Waals surface area contributed by atoms with Gasteiger partial charge in [-0.15, -0.1) is 0 Å². The van der Waals surface area contributed by atoms with Gasteiger partial charge in [0.2, 0.25) is 35.4 Å². The van der Waals surface area contributed by atoms with Crippen molar-refractivity contribution in [1.82, 2.24) is 25.4 Å². The molecule has 14 heteroatoms.